The number of carbonyl (C=O) groups is 2. The number of carboxylic acids is 1. The second-order valence-electron chi connectivity index (χ2n) is 3.86. The van der Waals surface area contributed by atoms with Crippen LogP contribution in [0.4, 0.5) is 0 Å². The van der Waals surface area contributed by atoms with Gasteiger partial charge in [-0.15, -0.1) is 0 Å². The molecule has 0 radical (unpaired) electrons. The number of nitrogens with one attached hydrogen (secondary N) is 1. The van der Waals surface area contributed by atoms with E-state index in [1.807, 2.05) is 12.1 Å². The molecule has 5 heteroatoms. The fourth-order valence-electron chi connectivity index (χ4n) is 1.58. The Morgan fingerprint density at radius 3 is 2.62 bits per heavy atom. The van der Waals surface area contributed by atoms with Gasteiger partial charge >= 0.3 is 5.97 Å². The van der Waals surface area contributed by atoms with Crippen molar-refractivity contribution < 1.29 is 14.7 Å². The number of pyridine rings is 1. The van der Waals surface area contributed by atoms with Crippen LogP contribution < -0.4 is 5.32 Å². The molecule has 1 aliphatic rings. The van der Waals surface area contributed by atoms with Crippen LogP contribution in [0.15, 0.2) is 24.5 Å². The molecule has 1 fully saturated rings. The molecular weight excluding hydrogens is 208 g/mol. The molecule has 16 heavy (non-hydrogen) atoms. The van der Waals surface area contributed by atoms with Crippen LogP contribution in [0.25, 0.3) is 0 Å². The molecule has 1 aromatic heterocycles. The first-order valence-electron chi connectivity index (χ1n) is 5.08. The van der Waals surface area contributed by atoms with Gasteiger partial charge in [-0.25, -0.2) is 0 Å². The normalized spacial score (nSPS) is 22.5. The quantitative estimate of drug-likeness (QED) is 0.770. The first kappa shape index (κ1) is 10.6. The van der Waals surface area contributed by atoms with E-state index in [9.17, 15) is 9.59 Å². The number of nitrogens with zero attached hydrogens (tertiary/aromatic N) is 1. The van der Waals surface area contributed by atoms with Crippen molar-refractivity contribution in [1.29, 1.82) is 0 Å². The van der Waals surface area contributed by atoms with Crippen LogP contribution in [0.3, 0.4) is 0 Å². The van der Waals surface area contributed by atoms with Gasteiger partial charge in [-0.05, 0) is 24.1 Å². The molecule has 5 nitrogen and oxygen atoms in total. The van der Waals surface area contributed by atoms with Gasteiger partial charge in [0.15, 0.2) is 0 Å². The zero-order valence-electron chi connectivity index (χ0n) is 8.59. The second kappa shape index (κ2) is 4.30. The Labute approximate surface area is 92.5 Å². The number of carbonyl (C=O) groups excluding carboxylic acids is 1. The number of amides is 1. The Balaban J connectivity index is 1.80. The van der Waals surface area contributed by atoms with Crippen molar-refractivity contribution in [1.82, 2.24) is 10.3 Å². The van der Waals surface area contributed by atoms with E-state index >= 15 is 0 Å². The van der Waals surface area contributed by atoms with Gasteiger partial charge < -0.3 is 10.4 Å². The van der Waals surface area contributed by atoms with Gasteiger partial charge in [0, 0.05) is 18.9 Å². The third-order valence-corrected chi connectivity index (χ3v) is 2.66. The fraction of sp³-hybridized carbons (Fsp3) is 0.364. The molecule has 2 atom stereocenters. The highest BCUT2D eigenvalue weighted by atomic mass is 16.4. The first-order chi connectivity index (χ1) is 7.68. The lowest BCUT2D eigenvalue weighted by Gasteiger charge is -2.03. The minimum absolute atomic E-state index is 0.177. The minimum Gasteiger partial charge on any atom is -0.481 e. The van der Waals surface area contributed by atoms with Crippen LogP contribution in [-0.2, 0) is 16.1 Å². The maximum atomic E-state index is 11.5. The number of hydrogen-bond donors (Lipinski definition) is 2. The topological polar surface area (TPSA) is 79.3 Å². The van der Waals surface area contributed by atoms with Crippen molar-refractivity contribution in [3.8, 4) is 0 Å². The fourth-order valence-corrected chi connectivity index (χ4v) is 1.58. The van der Waals surface area contributed by atoms with Gasteiger partial charge in [0.2, 0.25) is 5.91 Å². The average molecular weight is 220 g/mol. The van der Waals surface area contributed by atoms with E-state index in [1.165, 1.54) is 0 Å². The third-order valence-electron chi connectivity index (χ3n) is 2.66. The van der Waals surface area contributed by atoms with Crippen molar-refractivity contribution in [2.75, 3.05) is 0 Å². The molecular formula is C11H12N2O3. The van der Waals surface area contributed by atoms with Gasteiger partial charge in [-0.2, -0.15) is 0 Å². The molecule has 84 valence electrons. The molecule has 1 amide bonds. The summed E-state index contributed by atoms with van der Waals surface area (Å²) in [5.41, 5.74) is 0.955. The summed E-state index contributed by atoms with van der Waals surface area (Å²) in [5, 5.41) is 11.4. The molecule has 1 saturated carbocycles. The number of aromatic nitrogens is 1. The minimum atomic E-state index is -0.885. The van der Waals surface area contributed by atoms with Crippen LogP contribution in [0.1, 0.15) is 12.0 Å². The first-order valence-corrected chi connectivity index (χ1v) is 5.08. The SMILES string of the molecule is O=C(O)[C@H]1C[C@H]1C(=O)NCc1ccncc1. The summed E-state index contributed by atoms with van der Waals surface area (Å²) in [6.45, 7) is 0.421. The van der Waals surface area contributed by atoms with Crippen molar-refractivity contribution in [3.05, 3.63) is 30.1 Å². The predicted octanol–water partition coefficient (Wildman–Crippen LogP) is 0.418. The van der Waals surface area contributed by atoms with Crippen molar-refractivity contribution >= 4 is 11.9 Å². The smallest absolute Gasteiger partial charge is 0.307 e. The lowest BCUT2D eigenvalue weighted by atomic mass is 10.2. The third kappa shape index (κ3) is 2.36. The summed E-state index contributed by atoms with van der Waals surface area (Å²) < 4.78 is 0. The van der Waals surface area contributed by atoms with E-state index in [1.54, 1.807) is 12.4 Å². The maximum absolute atomic E-state index is 11.5. The Kier molecular flexibility index (Phi) is 2.85. The highest BCUT2D eigenvalue weighted by Gasteiger charge is 2.48. The Morgan fingerprint density at radius 1 is 1.38 bits per heavy atom. The van der Waals surface area contributed by atoms with Crippen molar-refractivity contribution in [2.45, 2.75) is 13.0 Å². The Morgan fingerprint density at radius 2 is 2.06 bits per heavy atom. The zero-order chi connectivity index (χ0) is 11.5. The largest absolute Gasteiger partial charge is 0.481 e. The molecule has 0 bridgehead atoms. The molecule has 0 aromatic carbocycles. The number of hydrogen-bond acceptors (Lipinski definition) is 3. The van der Waals surface area contributed by atoms with Gasteiger partial charge in [0.1, 0.15) is 0 Å². The van der Waals surface area contributed by atoms with Gasteiger partial charge in [0.05, 0.1) is 11.8 Å². The van der Waals surface area contributed by atoms with E-state index in [-0.39, 0.29) is 11.8 Å². The molecule has 0 unspecified atom stereocenters. The number of carboxylic acid groups (broad SMARTS) is 1. The van der Waals surface area contributed by atoms with Crippen LogP contribution in [0.2, 0.25) is 0 Å². The van der Waals surface area contributed by atoms with Crippen LogP contribution in [0.5, 0.6) is 0 Å². The summed E-state index contributed by atoms with van der Waals surface area (Å²) in [4.78, 5) is 25.9. The summed E-state index contributed by atoms with van der Waals surface area (Å²) in [7, 11) is 0. The molecule has 1 aromatic rings. The van der Waals surface area contributed by atoms with Crippen molar-refractivity contribution in [3.63, 3.8) is 0 Å². The lowest BCUT2D eigenvalue weighted by Crippen LogP contribution is -2.25. The van der Waals surface area contributed by atoms with Crippen LogP contribution >= 0.6 is 0 Å². The van der Waals surface area contributed by atoms with Crippen molar-refractivity contribution in [2.24, 2.45) is 11.8 Å². The summed E-state index contributed by atoms with van der Waals surface area (Å²) in [6, 6.07) is 3.61. The molecule has 1 heterocycles. The number of aliphatic carboxylic acids is 1. The molecule has 1 aliphatic carbocycles. The van der Waals surface area contributed by atoms with E-state index in [0.29, 0.717) is 13.0 Å². The molecule has 2 rings (SSSR count). The summed E-state index contributed by atoms with van der Waals surface area (Å²) in [5.74, 6) is -1.90. The van der Waals surface area contributed by atoms with E-state index in [4.69, 9.17) is 5.11 Å². The van der Waals surface area contributed by atoms with Gasteiger partial charge in [-0.3, -0.25) is 14.6 Å². The van der Waals surface area contributed by atoms with Gasteiger partial charge in [-0.1, -0.05) is 0 Å². The molecule has 0 aliphatic heterocycles. The van der Waals surface area contributed by atoms with E-state index in [2.05, 4.69) is 10.3 Å². The lowest BCUT2D eigenvalue weighted by molar-refractivity contribution is -0.140. The van der Waals surface area contributed by atoms with E-state index in [0.717, 1.165) is 5.56 Å². The molecule has 0 saturated heterocycles. The highest BCUT2D eigenvalue weighted by Crippen LogP contribution is 2.38. The van der Waals surface area contributed by atoms with Gasteiger partial charge in [0.25, 0.3) is 0 Å². The summed E-state index contributed by atoms with van der Waals surface area (Å²) >= 11 is 0. The number of rotatable bonds is 4. The summed E-state index contributed by atoms with van der Waals surface area (Å²) in [6.07, 6.45) is 3.76. The van der Waals surface area contributed by atoms with Crippen LogP contribution in [-0.4, -0.2) is 22.0 Å². The molecule has 2 N–H and O–H groups in total. The Bertz CT molecular complexity index is 405. The Hall–Kier alpha value is -1.91. The standard InChI is InChI=1S/C11H12N2O3/c14-10(8-5-9(8)11(15)16)13-6-7-1-3-12-4-2-7/h1-4,8-9H,5-6H2,(H,13,14)(H,15,16)/t8-,9+/m1/s1. The molecule has 0 spiro atoms. The monoisotopic (exact) mass is 220 g/mol. The zero-order valence-corrected chi connectivity index (χ0v) is 8.59. The average Bonchev–Trinajstić information content (AvgIpc) is 3.07. The maximum Gasteiger partial charge on any atom is 0.307 e. The van der Waals surface area contributed by atoms with E-state index < -0.39 is 11.9 Å². The predicted molar refractivity (Wildman–Crippen MR) is 55.3 cm³/mol. The second-order valence-corrected chi connectivity index (χ2v) is 3.86. The van der Waals surface area contributed by atoms with Crippen LogP contribution in [0, 0.1) is 11.8 Å². The highest BCUT2D eigenvalue weighted by molar-refractivity contribution is 5.89.